The summed E-state index contributed by atoms with van der Waals surface area (Å²) in [5.74, 6) is 0.327. The maximum Gasteiger partial charge on any atom is 0.407 e. The minimum atomic E-state index is -0.505. The van der Waals surface area contributed by atoms with Gasteiger partial charge < -0.3 is 10.1 Å². The summed E-state index contributed by atoms with van der Waals surface area (Å²) < 4.78 is 4.72. The summed E-state index contributed by atoms with van der Waals surface area (Å²) in [5, 5.41) is 12.2. The molecule has 1 radical (unpaired) electrons. The molecule has 0 atom stereocenters. The smallest absolute Gasteiger partial charge is 0.407 e. The number of ether oxygens (including phenoxy) is 1. The lowest BCUT2D eigenvalue weighted by Gasteiger charge is -2.06. The van der Waals surface area contributed by atoms with E-state index in [9.17, 15) is 9.90 Å². The van der Waals surface area contributed by atoms with E-state index >= 15 is 0 Å². The number of hydrogen-bond acceptors (Lipinski definition) is 2. The number of amides is 1. The summed E-state index contributed by atoms with van der Waals surface area (Å²) in [5.41, 5.74) is 0. The first kappa shape index (κ1) is 10.2. The molecular weight excluding hydrogens is 146 g/mol. The van der Waals surface area contributed by atoms with Crippen molar-refractivity contribution < 1.29 is 14.6 Å². The molecule has 1 N–H and O–H groups in total. The van der Waals surface area contributed by atoms with Gasteiger partial charge in [0.15, 0.2) is 0 Å². The van der Waals surface area contributed by atoms with E-state index in [4.69, 9.17) is 4.74 Å². The number of hydrogen-bond donors (Lipinski definition) is 1. The fourth-order valence-electron chi connectivity index (χ4n) is 0.446. The van der Waals surface area contributed by atoms with Gasteiger partial charge in [-0.25, -0.2) is 9.90 Å². The summed E-state index contributed by atoms with van der Waals surface area (Å²) in [6.07, 6.45) is -0.505. The highest BCUT2D eigenvalue weighted by Crippen LogP contribution is 1.91. The van der Waals surface area contributed by atoms with Crippen LogP contribution in [0.1, 0.15) is 13.8 Å². The first-order valence-corrected chi connectivity index (χ1v) is 3.65. The predicted molar refractivity (Wildman–Crippen MR) is 39.7 cm³/mol. The van der Waals surface area contributed by atoms with Crippen LogP contribution in [0.2, 0.25) is 0 Å². The van der Waals surface area contributed by atoms with Gasteiger partial charge in [0.25, 0.3) is 0 Å². The van der Waals surface area contributed by atoms with Gasteiger partial charge >= 0.3 is 6.09 Å². The number of carbonyl (C=O) groups excluding carboxylic acids is 1. The van der Waals surface area contributed by atoms with Crippen LogP contribution in [0.25, 0.3) is 0 Å². The van der Waals surface area contributed by atoms with E-state index in [1.807, 2.05) is 13.8 Å². The second kappa shape index (κ2) is 5.97. The van der Waals surface area contributed by atoms with Crippen LogP contribution in [-0.2, 0) is 9.84 Å². The molecule has 65 valence electrons. The number of nitrogens with one attached hydrogen (secondary N) is 1. The molecule has 0 saturated heterocycles. The zero-order valence-corrected chi connectivity index (χ0v) is 6.92. The largest absolute Gasteiger partial charge is 0.449 e. The average Bonchev–Trinajstić information content (AvgIpc) is 1.97. The predicted octanol–water partition coefficient (Wildman–Crippen LogP) is 0.799. The molecule has 11 heavy (non-hydrogen) atoms. The highest BCUT2D eigenvalue weighted by atomic mass is 16.5. The molecule has 1 amide bonds. The monoisotopic (exact) mass is 160 g/mol. The summed E-state index contributed by atoms with van der Waals surface area (Å²) in [7, 11) is 0. The molecule has 4 nitrogen and oxygen atoms in total. The van der Waals surface area contributed by atoms with E-state index in [1.54, 1.807) is 0 Å². The number of carbonyl (C=O) groups is 1. The normalized spacial score (nSPS) is 9.82. The third kappa shape index (κ3) is 7.12. The summed E-state index contributed by atoms with van der Waals surface area (Å²) in [6, 6.07) is 0. The molecule has 0 aromatic rings. The van der Waals surface area contributed by atoms with Gasteiger partial charge in [0.2, 0.25) is 0 Å². The van der Waals surface area contributed by atoms with Crippen molar-refractivity contribution in [2.45, 2.75) is 13.8 Å². The zero-order chi connectivity index (χ0) is 8.69. The third-order valence-corrected chi connectivity index (χ3v) is 0.919. The highest BCUT2D eigenvalue weighted by molar-refractivity contribution is 5.66. The van der Waals surface area contributed by atoms with Gasteiger partial charge in [-0.3, -0.25) is 0 Å². The Balaban J connectivity index is 3.23. The lowest BCUT2D eigenvalue weighted by Crippen LogP contribution is -2.27. The van der Waals surface area contributed by atoms with Crippen LogP contribution in [0.3, 0.4) is 0 Å². The summed E-state index contributed by atoms with van der Waals surface area (Å²) in [6.45, 7) is 4.11. The van der Waals surface area contributed by atoms with Gasteiger partial charge in [-0.1, -0.05) is 13.8 Å². The Labute approximate surface area is 66.5 Å². The lowest BCUT2D eigenvalue weighted by atomic mass is 10.2. The summed E-state index contributed by atoms with van der Waals surface area (Å²) >= 11 is 0. The van der Waals surface area contributed by atoms with Crippen LogP contribution in [-0.4, -0.2) is 25.9 Å². The Morgan fingerprint density at radius 2 is 2.18 bits per heavy atom. The average molecular weight is 160 g/mol. The van der Waals surface area contributed by atoms with Gasteiger partial charge in [0, 0.05) is 6.54 Å². The molecule has 0 heterocycles. The van der Waals surface area contributed by atoms with Gasteiger partial charge in [0.05, 0.1) is 13.2 Å². The van der Waals surface area contributed by atoms with Crippen molar-refractivity contribution in [2.24, 2.45) is 5.92 Å². The molecule has 0 aliphatic rings. The second-order valence-electron chi connectivity index (χ2n) is 2.62. The van der Waals surface area contributed by atoms with Crippen molar-refractivity contribution in [1.29, 1.82) is 0 Å². The van der Waals surface area contributed by atoms with E-state index in [-0.39, 0.29) is 13.2 Å². The highest BCUT2D eigenvalue weighted by Gasteiger charge is 2.01. The van der Waals surface area contributed by atoms with E-state index < -0.39 is 6.09 Å². The molecule has 0 unspecified atom stereocenters. The van der Waals surface area contributed by atoms with Crippen LogP contribution in [0.4, 0.5) is 4.79 Å². The second-order valence-corrected chi connectivity index (χ2v) is 2.62. The standard InChI is InChI=1S/C7H14NO3/c1-6(2)5-11-7(10)8-3-4-9/h6H,3-5H2,1-2H3,(H,8,10). The maximum absolute atomic E-state index is 10.6. The third-order valence-electron chi connectivity index (χ3n) is 0.919. The zero-order valence-electron chi connectivity index (χ0n) is 6.92. The lowest BCUT2D eigenvalue weighted by molar-refractivity contribution is 0.126. The first-order valence-electron chi connectivity index (χ1n) is 3.65. The van der Waals surface area contributed by atoms with Crippen molar-refractivity contribution in [1.82, 2.24) is 5.32 Å². The molecule has 0 aromatic heterocycles. The van der Waals surface area contributed by atoms with Crippen molar-refractivity contribution in [3.63, 3.8) is 0 Å². The molecule has 0 fully saturated rings. The number of rotatable bonds is 4. The van der Waals surface area contributed by atoms with Crippen LogP contribution in [0, 0.1) is 5.92 Å². The summed E-state index contributed by atoms with van der Waals surface area (Å²) in [4.78, 5) is 10.6. The molecule has 0 bridgehead atoms. The van der Waals surface area contributed by atoms with Crippen LogP contribution in [0.5, 0.6) is 0 Å². The molecule has 0 aromatic carbocycles. The van der Waals surface area contributed by atoms with Gasteiger partial charge in [-0.05, 0) is 5.92 Å². The SMILES string of the molecule is CC(C)COC(=O)NCC[O]. The van der Waals surface area contributed by atoms with Crippen molar-refractivity contribution in [3.8, 4) is 0 Å². The molecule has 0 rings (SSSR count). The topological polar surface area (TPSA) is 58.2 Å². The Hall–Kier alpha value is -0.770. The molecular formula is C7H14NO3. The molecule has 0 aliphatic carbocycles. The number of alkyl carbamates (subject to hydrolysis) is 1. The minimum Gasteiger partial charge on any atom is -0.449 e. The van der Waals surface area contributed by atoms with Crippen molar-refractivity contribution in [2.75, 3.05) is 19.8 Å². The fraction of sp³-hybridized carbons (Fsp3) is 0.857. The fourth-order valence-corrected chi connectivity index (χ4v) is 0.446. The first-order chi connectivity index (χ1) is 5.16. The Kier molecular flexibility index (Phi) is 5.56. The molecule has 4 heteroatoms. The van der Waals surface area contributed by atoms with Crippen molar-refractivity contribution in [3.05, 3.63) is 0 Å². The van der Waals surface area contributed by atoms with E-state index in [2.05, 4.69) is 5.32 Å². The van der Waals surface area contributed by atoms with E-state index in [0.717, 1.165) is 0 Å². The quantitative estimate of drug-likeness (QED) is 0.661. The maximum atomic E-state index is 10.6. The van der Waals surface area contributed by atoms with Crippen molar-refractivity contribution >= 4 is 6.09 Å². The van der Waals surface area contributed by atoms with E-state index in [0.29, 0.717) is 12.5 Å². The van der Waals surface area contributed by atoms with Crippen LogP contribution >= 0.6 is 0 Å². The van der Waals surface area contributed by atoms with Crippen LogP contribution in [0.15, 0.2) is 0 Å². The minimum absolute atomic E-state index is 0.136. The molecule has 0 aliphatic heterocycles. The molecule has 0 spiro atoms. The van der Waals surface area contributed by atoms with Gasteiger partial charge in [0.1, 0.15) is 0 Å². The Morgan fingerprint density at radius 1 is 1.55 bits per heavy atom. The molecule has 0 saturated carbocycles. The van der Waals surface area contributed by atoms with Crippen LogP contribution < -0.4 is 5.32 Å². The Morgan fingerprint density at radius 3 is 2.64 bits per heavy atom. The van der Waals surface area contributed by atoms with Gasteiger partial charge in [-0.2, -0.15) is 0 Å². The van der Waals surface area contributed by atoms with Gasteiger partial charge in [-0.15, -0.1) is 0 Å². The Bertz CT molecular complexity index is 114. The van der Waals surface area contributed by atoms with E-state index in [1.165, 1.54) is 0 Å².